The van der Waals surface area contributed by atoms with Gasteiger partial charge in [-0.2, -0.15) is 0 Å². The van der Waals surface area contributed by atoms with Crippen LogP contribution in [0.5, 0.6) is 0 Å². The van der Waals surface area contributed by atoms with E-state index in [0.29, 0.717) is 0 Å². The summed E-state index contributed by atoms with van der Waals surface area (Å²) in [6.45, 7) is 4.78. The molecule has 0 aromatic heterocycles. The summed E-state index contributed by atoms with van der Waals surface area (Å²) in [6, 6.07) is 0. The lowest BCUT2D eigenvalue weighted by molar-refractivity contribution is -0.655. The number of alkyl halides is 1. The molecule has 0 spiro atoms. The fourth-order valence-corrected chi connectivity index (χ4v) is 4.42. The molecule has 0 aliphatic heterocycles. The molecule has 1 nitrogen and oxygen atoms in total. The largest absolute Gasteiger partial charge is 1.00 e. The summed E-state index contributed by atoms with van der Waals surface area (Å²) in [4.78, 5) is 0. The summed E-state index contributed by atoms with van der Waals surface area (Å²) in [7, 11) is 0. The first-order chi connectivity index (χ1) is 14.9. The van der Waals surface area contributed by atoms with Crippen LogP contribution in [0.1, 0.15) is 161 Å². The second kappa shape index (κ2) is 32.5. The molecule has 3 heteroatoms. The highest BCUT2D eigenvalue weighted by atomic mass is 79.9. The second-order valence-electron chi connectivity index (χ2n) is 9.69. The van der Waals surface area contributed by atoms with Gasteiger partial charge in [0.05, 0.1) is 19.8 Å². The predicted octanol–water partition coefficient (Wildman–Crippen LogP) is 5.91. The van der Waals surface area contributed by atoms with Crippen molar-refractivity contribution in [2.75, 3.05) is 19.8 Å². The number of quaternary nitrogens is 1. The summed E-state index contributed by atoms with van der Waals surface area (Å²) < 4.78 is 12.0. The molecule has 0 aliphatic carbocycles. The highest BCUT2D eigenvalue weighted by Gasteiger charge is 1.97. The second-order valence-corrected chi connectivity index (χ2v) is 9.69. The van der Waals surface area contributed by atoms with Gasteiger partial charge < -0.3 is 22.3 Å². The molecule has 0 saturated carbocycles. The van der Waals surface area contributed by atoms with E-state index in [9.17, 15) is 4.39 Å². The van der Waals surface area contributed by atoms with Crippen LogP contribution in [0.4, 0.5) is 4.39 Å². The number of hydrogen-bond acceptors (Lipinski definition) is 0. The van der Waals surface area contributed by atoms with Gasteiger partial charge in [-0.25, -0.2) is 0 Å². The van der Waals surface area contributed by atoms with Gasteiger partial charge in [0.15, 0.2) is 0 Å². The van der Waals surface area contributed by atoms with Gasteiger partial charge in [-0.15, -0.1) is 0 Å². The van der Waals surface area contributed by atoms with E-state index in [1.807, 2.05) is 0 Å². The molecule has 0 fully saturated rings. The number of rotatable bonds is 27. The van der Waals surface area contributed by atoms with Crippen LogP contribution in [-0.2, 0) is 0 Å². The maximum atomic E-state index is 12.0. The van der Waals surface area contributed by atoms with E-state index in [4.69, 9.17) is 0 Å². The van der Waals surface area contributed by atoms with Crippen molar-refractivity contribution in [3.8, 4) is 0 Å². The third-order valence-electron chi connectivity index (χ3n) is 6.55. The standard InChI is InChI=1S/C28H58FN.BrH/c1-2-3-4-5-6-7-8-9-10-11-12-13-14-15-16-18-21-24-27-30-28-25-22-19-17-20-23-26-29;/h30H,2-28H2,1H3;1H. The van der Waals surface area contributed by atoms with Gasteiger partial charge >= 0.3 is 0 Å². The molecule has 31 heavy (non-hydrogen) atoms. The van der Waals surface area contributed by atoms with Crippen molar-refractivity contribution in [1.82, 2.24) is 0 Å². The Hall–Kier alpha value is 0.370. The lowest BCUT2D eigenvalue weighted by Gasteiger charge is -2.04. The zero-order valence-corrected chi connectivity index (χ0v) is 23.0. The Morgan fingerprint density at radius 1 is 0.387 bits per heavy atom. The first-order valence-corrected chi connectivity index (χ1v) is 14.3. The Morgan fingerprint density at radius 2 is 0.645 bits per heavy atom. The van der Waals surface area contributed by atoms with E-state index in [1.165, 1.54) is 154 Å². The smallest absolute Gasteiger partial charge is 0.0894 e. The van der Waals surface area contributed by atoms with E-state index < -0.39 is 0 Å². The quantitative estimate of drug-likeness (QED) is 0.133. The van der Waals surface area contributed by atoms with Crippen LogP contribution in [0.25, 0.3) is 0 Å². The van der Waals surface area contributed by atoms with Crippen LogP contribution in [-0.4, -0.2) is 19.8 Å². The van der Waals surface area contributed by atoms with Crippen molar-refractivity contribution >= 4 is 0 Å². The summed E-state index contributed by atoms with van der Waals surface area (Å²) in [5.74, 6) is 0. The maximum absolute atomic E-state index is 12.0. The molecular weight excluding hydrogens is 449 g/mol. The molecule has 0 atom stereocenters. The van der Waals surface area contributed by atoms with Crippen LogP contribution in [0, 0.1) is 0 Å². The van der Waals surface area contributed by atoms with Crippen molar-refractivity contribution in [2.45, 2.75) is 161 Å². The van der Waals surface area contributed by atoms with E-state index in [1.54, 1.807) is 0 Å². The van der Waals surface area contributed by atoms with Crippen molar-refractivity contribution in [3.05, 3.63) is 0 Å². The van der Waals surface area contributed by atoms with Gasteiger partial charge in [0.2, 0.25) is 0 Å². The monoisotopic (exact) mass is 507 g/mol. The SMILES string of the molecule is CCCCCCCCCCCCCCCCCCCC[NH2+]CCCCCCCCF.[Br-]. The molecule has 0 radical (unpaired) electrons. The predicted molar refractivity (Wildman–Crippen MR) is 134 cm³/mol. The molecule has 0 aliphatic rings. The van der Waals surface area contributed by atoms with Crippen molar-refractivity contribution < 1.29 is 26.7 Å². The van der Waals surface area contributed by atoms with Gasteiger partial charge in [-0.3, -0.25) is 4.39 Å². The van der Waals surface area contributed by atoms with Gasteiger partial charge in [-0.05, 0) is 32.1 Å². The van der Waals surface area contributed by atoms with Crippen LogP contribution < -0.4 is 22.3 Å². The first-order valence-electron chi connectivity index (χ1n) is 14.3. The number of hydrogen-bond donors (Lipinski definition) is 1. The van der Waals surface area contributed by atoms with Crippen molar-refractivity contribution in [2.24, 2.45) is 0 Å². The lowest BCUT2D eigenvalue weighted by Crippen LogP contribution is -3.00. The molecule has 0 saturated heterocycles. The molecule has 0 bridgehead atoms. The number of unbranched alkanes of at least 4 members (excludes halogenated alkanes) is 22. The lowest BCUT2D eigenvalue weighted by atomic mass is 10.0. The molecule has 0 rings (SSSR count). The summed E-state index contributed by atoms with van der Waals surface area (Å²) in [5.41, 5.74) is 0. The summed E-state index contributed by atoms with van der Waals surface area (Å²) >= 11 is 0. The Balaban J connectivity index is 0. The highest BCUT2D eigenvalue weighted by molar-refractivity contribution is 4.50. The molecule has 0 amide bonds. The minimum Gasteiger partial charge on any atom is -1.00 e. The molecule has 190 valence electrons. The molecule has 2 N–H and O–H groups in total. The fraction of sp³-hybridized carbons (Fsp3) is 1.00. The third kappa shape index (κ3) is 32.6. The molecule has 0 aromatic carbocycles. The van der Waals surface area contributed by atoms with Gasteiger partial charge in [0.25, 0.3) is 0 Å². The van der Waals surface area contributed by atoms with Crippen molar-refractivity contribution in [3.63, 3.8) is 0 Å². The Morgan fingerprint density at radius 3 is 0.935 bits per heavy atom. The van der Waals surface area contributed by atoms with Crippen LogP contribution in [0.3, 0.4) is 0 Å². The zero-order valence-electron chi connectivity index (χ0n) is 21.4. The van der Waals surface area contributed by atoms with Gasteiger partial charge in [0, 0.05) is 0 Å². The summed E-state index contributed by atoms with van der Waals surface area (Å²) in [6.07, 6.45) is 33.2. The molecular formula is C28H59BrFN. The Labute approximate surface area is 207 Å². The zero-order chi connectivity index (χ0) is 21.8. The summed E-state index contributed by atoms with van der Waals surface area (Å²) in [5, 5.41) is 2.51. The van der Waals surface area contributed by atoms with E-state index in [0.717, 1.165) is 12.8 Å². The van der Waals surface area contributed by atoms with Crippen molar-refractivity contribution in [1.29, 1.82) is 0 Å². The van der Waals surface area contributed by atoms with E-state index in [2.05, 4.69) is 12.2 Å². The Bertz CT molecular complexity index is 260. The Kier molecular flexibility index (Phi) is 35.2. The average Bonchev–Trinajstić information content (AvgIpc) is 2.76. The molecule has 0 unspecified atom stereocenters. The van der Waals surface area contributed by atoms with E-state index in [-0.39, 0.29) is 23.7 Å². The van der Waals surface area contributed by atoms with Crippen LogP contribution >= 0.6 is 0 Å². The average molecular weight is 509 g/mol. The first kappa shape index (κ1) is 33.5. The highest BCUT2D eigenvalue weighted by Crippen LogP contribution is 2.14. The van der Waals surface area contributed by atoms with Gasteiger partial charge in [0.1, 0.15) is 0 Å². The van der Waals surface area contributed by atoms with Crippen LogP contribution in [0.2, 0.25) is 0 Å². The topological polar surface area (TPSA) is 16.6 Å². The molecule has 0 aromatic rings. The van der Waals surface area contributed by atoms with Gasteiger partial charge in [-0.1, -0.05) is 129 Å². The number of halogens is 2. The van der Waals surface area contributed by atoms with E-state index >= 15 is 0 Å². The van der Waals surface area contributed by atoms with Crippen LogP contribution in [0.15, 0.2) is 0 Å². The molecule has 0 heterocycles. The third-order valence-corrected chi connectivity index (χ3v) is 6.55. The maximum Gasteiger partial charge on any atom is 0.0894 e. The fourth-order valence-electron chi connectivity index (χ4n) is 4.42. The minimum absolute atomic E-state index is 0. The number of nitrogens with two attached hydrogens (primary N) is 1. The minimum atomic E-state index is -0.132. The normalized spacial score (nSPS) is 11.0.